The van der Waals surface area contributed by atoms with Crippen LogP contribution < -0.4 is 0 Å². The Kier molecular flexibility index (Phi) is 3.42. The van der Waals surface area contributed by atoms with Gasteiger partial charge in [-0.1, -0.05) is 18.2 Å². The maximum absolute atomic E-state index is 12.1. The van der Waals surface area contributed by atoms with Crippen molar-refractivity contribution < 1.29 is 14.7 Å². The topological polar surface area (TPSA) is 57.6 Å². The van der Waals surface area contributed by atoms with Crippen molar-refractivity contribution in [3.63, 3.8) is 0 Å². The first kappa shape index (κ1) is 11.6. The molecule has 1 saturated carbocycles. The van der Waals surface area contributed by atoms with E-state index in [1.807, 2.05) is 6.07 Å². The van der Waals surface area contributed by atoms with E-state index < -0.39 is 5.97 Å². The Labute approximate surface area is 99.9 Å². The molecule has 1 amide bonds. The van der Waals surface area contributed by atoms with Crippen molar-refractivity contribution in [1.29, 1.82) is 0 Å². The van der Waals surface area contributed by atoms with Gasteiger partial charge < -0.3 is 10.0 Å². The first-order valence-corrected chi connectivity index (χ1v) is 5.73. The Balaban J connectivity index is 2.08. The van der Waals surface area contributed by atoms with Gasteiger partial charge >= 0.3 is 5.97 Å². The first-order valence-electron chi connectivity index (χ1n) is 5.73. The second-order valence-electron chi connectivity index (χ2n) is 4.39. The fourth-order valence-electron chi connectivity index (χ4n) is 1.76. The van der Waals surface area contributed by atoms with Crippen LogP contribution in [0.1, 0.15) is 23.2 Å². The maximum Gasteiger partial charge on any atom is 0.323 e. The molecule has 0 bridgehead atoms. The van der Waals surface area contributed by atoms with E-state index in [4.69, 9.17) is 5.11 Å². The summed E-state index contributed by atoms with van der Waals surface area (Å²) in [7, 11) is 0. The largest absolute Gasteiger partial charge is 0.480 e. The summed E-state index contributed by atoms with van der Waals surface area (Å²) >= 11 is 0. The SMILES string of the molecule is O=C(O)CN(CC1CC1)C(=O)c1ccccc1. The van der Waals surface area contributed by atoms with E-state index in [-0.39, 0.29) is 12.5 Å². The molecule has 4 heteroatoms. The molecular weight excluding hydrogens is 218 g/mol. The van der Waals surface area contributed by atoms with E-state index in [0.29, 0.717) is 18.0 Å². The lowest BCUT2D eigenvalue weighted by atomic mass is 10.2. The van der Waals surface area contributed by atoms with Crippen molar-refractivity contribution >= 4 is 11.9 Å². The molecule has 90 valence electrons. The lowest BCUT2D eigenvalue weighted by Crippen LogP contribution is -2.37. The van der Waals surface area contributed by atoms with Gasteiger partial charge in [0, 0.05) is 12.1 Å². The summed E-state index contributed by atoms with van der Waals surface area (Å²) in [6.45, 7) is 0.338. The molecule has 0 heterocycles. The van der Waals surface area contributed by atoms with Gasteiger partial charge in [-0.15, -0.1) is 0 Å². The van der Waals surface area contributed by atoms with E-state index in [1.165, 1.54) is 4.90 Å². The molecular formula is C13H15NO3. The molecule has 0 atom stereocenters. The minimum atomic E-state index is -0.963. The number of nitrogens with zero attached hydrogens (tertiary/aromatic N) is 1. The lowest BCUT2D eigenvalue weighted by Gasteiger charge is -2.20. The quantitative estimate of drug-likeness (QED) is 0.840. The van der Waals surface area contributed by atoms with Crippen LogP contribution in [-0.2, 0) is 4.79 Å². The smallest absolute Gasteiger partial charge is 0.323 e. The van der Waals surface area contributed by atoms with Crippen LogP contribution in [-0.4, -0.2) is 35.0 Å². The van der Waals surface area contributed by atoms with Crippen LogP contribution in [0, 0.1) is 5.92 Å². The predicted octanol–water partition coefficient (Wildman–Crippen LogP) is 1.62. The molecule has 17 heavy (non-hydrogen) atoms. The molecule has 1 aliphatic carbocycles. The summed E-state index contributed by atoms with van der Waals surface area (Å²) in [5.74, 6) is -0.670. The third-order valence-electron chi connectivity index (χ3n) is 2.81. The molecule has 1 aromatic rings. The Hall–Kier alpha value is -1.84. The zero-order valence-corrected chi connectivity index (χ0v) is 9.50. The van der Waals surface area contributed by atoms with Crippen molar-refractivity contribution in [2.75, 3.05) is 13.1 Å². The molecule has 0 unspecified atom stereocenters. The normalized spacial score (nSPS) is 14.4. The summed E-state index contributed by atoms with van der Waals surface area (Å²) in [5, 5.41) is 8.82. The predicted molar refractivity (Wildman–Crippen MR) is 62.7 cm³/mol. The van der Waals surface area contributed by atoms with E-state index in [0.717, 1.165) is 12.8 Å². The highest BCUT2D eigenvalue weighted by Crippen LogP contribution is 2.30. The average molecular weight is 233 g/mol. The second-order valence-corrected chi connectivity index (χ2v) is 4.39. The highest BCUT2D eigenvalue weighted by molar-refractivity contribution is 5.95. The van der Waals surface area contributed by atoms with Crippen LogP contribution in [0.25, 0.3) is 0 Å². The Morgan fingerprint density at radius 1 is 1.24 bits per heavy atom. The third-order valence-corrected chi connectivity index (χ3v) is 2.81. The average Bonchev–Trinajstić information content (AvgIpc) is 3.12. The molecule has 0 spiro atoms. The molecule has 1 aliphatic rings. The molecule has 1 aromatic carbocycles. The summed E-state index contributed by atoms with van der Waals surface area (Å²) < 4.78 is 0. The van der Waals surface area contributed by atoms with Gasteiger partial charge in [-0.25, -0.2) is 0 Å². The van der Waals surface area contributed by atoms with Crippen LogP contribution in [0.4, 0.5) is 0 Å². The van der Waals surface area contributed by atoms with Crippen molar-refractivity contribution in [1.82, 2.24) is 4.90 Å². The molecule has 1 fully saturated rings. The number of hydrogen-bond donors (Lipinski definition) is 1. The Morgan fingerprint density at radius 2 is 1.88 bits per heavy atom. The molecule has 4 nitrogen and oxygen atoms in total. The van der Waals surface area contributed by atoms with E-state index >= 15 is 0 Å². The van der Waals surface area contributed by atoms with Gasteiger partial charge in [0.15, 0.2) is 0 Å². The van der Waals surface area contributed by atoms with Crippen LogP contribution in [0.5, 0.6) is 0 Å². The maximum atomic E-state index is 12.1. The summed E-state index contributed by atoms with van der Waals surface area (Å²) in [6, 6.07) is 8.82. The van der Waals surface area contributed by atoms with Gasteiger partial charge in [0.2, 0.25) is 0 Å². The zero-order chi connectivity index (χ0) is 12.3. The number of carbonyl (C=O) groups excluding carboxylic acids is 1. The van der Waals surface area contributed by atoms with Gasteiger partial charge in [0.05, 0.1) is 0 Å². The number of carboxylic acid groups (broad SMARTS) is 1. The van der Waals surface area contributed by atoms with Crippen molar-refractivity contribution in [3.8, 4) is 0 Å². The molecule has 0 saturated heterocycles. The minimum absolute atomic E-state index is 0.195. The number of hydrogen-bond acceptors (Lipinski definition) is 2. The monoisotopic (exact) mass is 233 g/mol. The van der Waals surface area contributed by atoms with E-state index in [9.17, 15) is 9.59 Å². The number of aliphatic carboxylic acids is 1. The van der Waals surface area contributed by atoms with Gasteiger partial charge in [0.1, 0.15) is 6.54 Å². The van der Waals surface area contributed by atoms with Gasteiger partial charge in [0.25, 0.3) is 5.91 Å². The van der Waals surface area contributed by atoms with Crippen molar-refractivity contribution in [3.05, 3.63) is 35.9 Å². The minimum Gasteiger partial charge on any atom is -0.480 e. The first-order chi connectivity index (χ1) is 8.16. The van der Waals surface area contributed by atoms with Gasteiger partial charge in [-0.05, 0) is 30.9 Å². The lowest BCUT2D eigenvalue weighted by molar-refractivity contribution is -0.137. The van der Waals surface area contributed by atoms with E-state index in [1.54, 1.807) is 24.3 Å². The second kappa shape index (κ2) is 4.99. The van der Waals surface area contributed by atoms with Crippen LogP contribution in [0.3, 0.4) is 0 Å². The number of amides is 1. The fraction of sp³-hybridized carbons (Fsp3) is 0.385. The van der Waals surface area contributed by atoms with Gasteiger partial charge in [-0.2, -0.15) is 0 Å². The van der Waals surface area contributed by atoms with Crippen LogP contribution in [0.2, 0.25) is 0 Å². The van der Waals surface area contributed by atoms with Crippen molar-refractivity contribution in [2.45, 2.75) is 12.8 Å². The summed E-state index contributed by atoms with van der Waals surface area (Å²) in [5.41, 5.74) is 0.550. The Bertz CT molecular complexity index is 412. The fourth-order valence-corrected chi connectivity index (χ4v) is 1.76. The molecule has 0 radical (unpaired) electrons. The van der Waals surface area contributed by atoms with Gasteiger partial charge in [-0.3, -0.25) is 9.59 Å². The Morgan fingerprint density at radius 3 is 2.41 bits per heavy atom. The number of carboxylic acids is 1. The third kappa shape index (κ3) is 3.31. The number of benzene rings is 1. The highest BCUT2D eigenvalue weighted by atomic mass is 16.4. The van der Waals surface area contributed by atoms with E-state index in [2.05, 4.69) is 0 Å². The zero-order valence-electron chi connectivity index (χ0n) is 9.50. The van der Waals surface area contributed by atoms with Crippen LogP contribution >= 0.6 is 0 Å². The molecule has 2 rings (SSSR count). The van der Waals surface area contributed by atoms with Crippen molar-refractivity contribution in [2.24, 2.45) is 5.92 Å². The molecule has 1 N–H and O–H groups in total. The summed E-state index contributed by atoms with van der Waals surface area (Å²) in [6.07, 6.45) is 2.19. The molecule has 0 aromatic heterocycles. The standard InChI is InChI=1S/C13H15NO3/c15-12(16)9-14(8-10-6-7-10)13(17)11-4-2-1-3-5-11/h1-5,10H,6-9H2,(H,15,16). The summed E-state index contributed by atoms with van der Waals surface area (Å²) in [4.78, 5) is 24.3. The number of carbonyl (C=O) groups is 2. The van der Waals surface area contributed by atoms with Crippen LogP contribution in [0.15, 0.2) is 30.3 Å². The number of rotatable bonds is 5. The highest BCUT2D eigenvalue weighted by Gasteiger charge is 2.28. The molecule has 0 aliphatic heterocycles.